The van der Waals surface area contributed by atoms with E-state index in [1.807, 2.05) is 18.2 Å². The Hall–Kier alpha value is -1.67. The molecule has 1 aliphatic rings. The van der Waals surface area contributed by atoms with Gasteiger partial charge in [0, 0.05) is 24.1 Å². The first-order chi connectivity index (χ1) is 8.33. The number of ether oxygens (including phenoxy) is 2. The lowest BCUT2D eigenvalue weighted by Crippen LogP contribution is -1.90. The number of fused-ring (bicyclic) bond motifs is 1. The molecule has 0 atom stereocenters. The van der Waals surface area contributed by atoms with Crippen LogP contribution in [0.4, 0.5) is 0 Å². The Morgan fingerprint density at radius 1 is 1.29 bits per heavy atom. The van der Waals surface area contributed by atoms with E-state index in [4.69, 9.17) is 21.1 Å². The van der Waals surface area contributed by atoms with Crippen LogP contribution in [0.5, 0.6) is 17.2 Å². The molecule has 0 unspecified atom stereocenters. The number of benzene rings is 2. The van der Waals surface area contributed by atoms with E-state index in [2.05, 4.69) is 12.1 Å². The van der Waals surface area contributed by atoms with E-state index in [1.54, 1.807) is 12.1 Å². The summed E-state index contributed by atoms with van der Waals surface area (Å²) in [7, 11) is 0. The van der Waals surface area contributed by atoms with Gasteiger partial charge in [0.1, 0.15) is 5.75 Å². The summed E-state index contributed by atoms with van der Waals surface area (Å²) >= 11 is 5.86. The highest BCUT2D eigenvalue weighted by molar-refractivity contribution is 6.30. The average molecular weight is 246 g/mol. The van der Waals surface area contributed by atoms with Crippen molar-refractivity contribution in [2.24, 2.45) is 0 Å². The molecule has 1 aliphatic heterocycles. The first kappa shape index (κ1) is 10.5. The number of para-hydroxylation sites is 1. The summed E-state index contributed by atoms with van der Waals surface area (Å²) in [6.45, 7) is 0.721. The van der Waals surface area contributed by atoms with Crippen molar-refractivity contribution < 1.29 is 9.47 Å². The summed E-state index contributed by atoms with van der Waals surface area (Å²) in [4.78, 5) is 0. The fraction of sp³-hybridized carbons (Fsp3) is 0.143. The summed E-state index contributed by atoms with van der Waals surface area (Å²) in [5, 5.41) is 0.538. The highest BCUT2D eigenvalue weighted by Crippen LogP contribution is 2.38. The molecule has 0 amide bonds. The summed E-state index contributed by atoms with van der Waals surface area (Å²) in [5.74, 6) is 2.27. The summed E-state index contributed by atoms with van der Waals surface area (Å²) in [6.07, 6.45) is 0.940. The predicted molar refractivity (Wildman–Crippen MR) is 66.0 cm³/mol. The number of halogens is 1. The molecule has 17 heavy (non-hydrogen) atoms. The van der Waals surface area contributed by atoms with E-state index in [9.17, 15) is 0 Å². The van der Waals surface area contributed by atoms with Crippen LogP contribution in [-0.4, -0.2) is 6.61 Å². The van der Waals surface area contributed by atoms with Gasteiger partial charge in [0.15, 0.2) is 11.5 Å². The minimum absolute atomic E-state index is 0.538. The maximum Gasteiger partial charge on any atom is 0.169 e. The number of hydrogen-bond acceptors (Lipinski definition) is 2. The van der Waals surface area contributed by atoms with Crippen LogP contribution in [0, 0.1) is 6.07 Å². The monoisotopic (exact) mass is 245 g/mol. The third kappa shape index (κ3) is 2.08. The van der Waals surface area contributed by atoms with Gasteiger partial charge in [0.05, 0.1) is 11.6 Å². The molecule has 85 valence electrons. The molecule has 2 aromatic rings. The fourth-order valence-corrected chi connectivity index (χ4v) is 2.04. The van der Waals surface area contributed by atoms with Crippen molar-refractivity contribution in [3.05, 3.63) is 53.1 Å². The van der Waals surface area contributed by atoms with Crippen LogP contribution >= 0.6 is 11.6 Å². The molecule has 1 heterocycles. The molecule has 0 N–H and O–H groups in total. The Kier molecular flexibility index (Phi) is 2.65. The zero-order valence-corrected chi connectivity index (χ0v) is 9.83. The van der Waals surface area contributed by atoms with Crippen molar-refractivity contribution in [2.45, 2.75) is 6.42 Å². The van der Waals surface area contributed by atoms with Crippen molar-refractivity contribution in [2.75, 3.05) is 6.61 Å². The lowest BCUT2D eigenvalue weighted by Gasteiger charge is -2.09. The third-order valence-electron chi connectivity index (χ3n) is 2.64. The Morgan fingerprint density at radius 3 is 3.12 bits per heavy atom. The molecule has 3 heteroatoms. The van der Waals surface area contributed by atoms with E-state index in [1.165, 1.54) is 5.56 Å². The first-order valence-electron chi connectivity index (χ1n) is 5.43. The molecule has 0 bridgehead atoms. The lowest BCUT2D eigenvalue weighted by atomic mass is 10.1. The van der Waals surface area contributed by atoms with Gasteiger partial charge in [-0.15, -0.1) is 0 Å². The minimum atomic E-state index is 0.538. The Bertz CT molecular complexity index is 552. The molecule has 0 fully saturated rings. The second-order valence-electron chi connectivity index (χ2n) is 3.82. The van der Waals surface area contributed by atoms with Gasteiger partial charge in [-0.25, -0.2) is 0 Å². The molecular weight excluding hydrogens is 236 g/mol. The molecular formula is C14H10ClO2. The van der Waals surface area contributed by atoms with Gasteiger partial charge in [-0.3, -0.25) is 0 Å². The van der Waals surface area contributed by atoms with E-state index in [0.717, 1.165) is 24.5 Å². The fourth-order valence-electron chi connectivity index (χ4n) is 1.87. The van der Waals surface area contributed by atoms with Crippen LogP contribution in [0.2, 0.25) is 5.02 Å². The third-order valence-corrected chi connectivity index (χ3v) is 2.86. The lowest BCUT2D eigenvalue weighted by molar-refractivity contribution is 0.338. The quantitative estimate of drug-likeness (QED) is 0.800. The molecule has 2 nitrogen and oxygen atoms in total. The highest BCUT2D eigenvalue weighted by Gasteiger charge is 2.17. The first-order valence-corrected chi connectivity index (χ1v) is 5.80. The van der Waals surface area contributed by atoms with E-state index < -0.39 is 0 Å². The van der Waals surface area contributed by atoms with Gasteiger partial charge >= 0.3 is 0 Å². The normalized spacial score (nSPS) is 13.0. The summed E-state index contributed by atoms with van der Waals surface area (Å²) in [5.41, 5.74) is 1.19. The minimum Gasteiger partial charge on any atom is -0.489 e. The predicted octanol–water partition coefficient (Wildman–Crippen LogP) is 3.87. The molecule has 0 saturated carbocycles. The zero-order chi connectivity index (χ0) is 11.7. The van der Waals surface area contributed by atoms with Gasteiger partial charge in [0.25, 0.3) is 0 Å². The Balaban J connectivity index is 1.93. The smallest absolute Gasteiger partial charge is 0.169 e. The van der Waals surface area contributed by atoms with Gasteiger partial charge in [-0.2, -0.15) is 0 Å². The Morgan fingerprint density at radius 2 is 2.24 bits per heavy atom. The Labute approximate surface area is 105 Å². The zero-order valence-electron chi connectivity index (χ0n) is 9.07. The molecule has 0 aromatic heterocycles. The number of rotatable bonds is 2. The second-order valence-corrected chi connectivity index (χ2v) is 4.22. The van der Waals surface area contributed by atoms with Crippen LogP contribution in [0.15, 0.2) is 36.4 Å². The van der Waals surface area contributed by atoms with E-state index in [-0.39, 0.29) is 0 Å². The molecule has 0 spiro atoms. The van der Waals surface area contributed by atoms with Crippen molar-refractivity contribution in [3.8, 4) is 17.2 Å². The van der Waals surface area contributed by atoms with Crippen molar-refractivity contribution in [1.29, 1.82) is 0 Å². The van der Waals surface area contributed by atoms with E-state index in [0.29, 0.717) is 10.8 Å². The highest BCUT2D eigenvalue weighted by atomic mass is 35.5. The maximum atomic E-state index is 5.86. The van der Waals surface area contributed by atoms with Crippen LogP contribution in [0.3, 0.4) is 0 Å². The van der Waals surface area contributed by atoms with Crippen LogP contribution < -0.4 is 9.47 Å². The molecule has 3 rings (SSSR count). The molecule has 2 aromatic carbocycles. The molecule has 0 saturated heterocycles. The van der Waals surface area contributed by atoms with Gasteiger partial charge in [-0.05, 0) is 18.2 Å². The van der Waals surface area contributed by atoms with Crippen molar-refractivity contribution >= 4 is 11.6 Å². The number of hydrogen-bond donors (Lipinski definition) is 0. The summed E-state index contributed by atoms with van der Waals surface area (Å²) in [6, 6.07) is 14.1. The van der Waals surface area contributed by atoms with E-state index >= 15 is 0 Å². The standard InChI is InChI=1S/C14H10ClO2/c15-11-4-2-5-12(9-11)17-13-6-1-3-10-7-8-16-14(10)13/h1-3,5-6,9H,7-8H2. The largest absolute Gasteiger partial charge is 0.489 e. The molecule has 0 aliphatic carbocycles. The molecule has 1 radical (unpaired) electrons. The van der Waals surface area contributed by atoms with Crippen molar-refractivity contribution in [1.82, 2.24) is 0 Å². The second kappa shape index (κ2) is 4.30. The topological polar surface area (TPSA) is 18.5 Å². The van der Waals surface area contributed by atoms with Gasteiger partial charge in [0.2, 0.25) is 0 Å². The van der Waals surface area contributed by atoms with Crippen LogP contribution in [0.25, 0.3) is 0 Å². The SMILES string of the molecule is Clc1[c]ccc(Oc2cccc3c2OCC3)c1. The van der Waals surface area contributed by atoms with Crippen LogP contribution in [-0.2, 0) is 6.42 Å². The van der Waals surface area contributed by atoms with Gasteiger partial charge in [-0.1, -0.05) is 23.7 Å². The van der Waals surface area contributed by atoms with Gasteiger partial charge < -0.3 is 9.47 Å². The van der Waals surface area contributed by atoms with Crippen LogP contribution in [0.1, 0.15) is 5.56 Å². The van der Waals surface area contributed by atoms with Crippen molar-refractivity contribution in [3.63, 3.8) is 0 Å². The maximum absolute atomic E-state index is 5.86. The summed E-state index contributed by atoms with van der Waals surface area (Å²) < 4.78 is 11.3. The average Bonchev–Trinajstić information content (AvgIpc) is 2.78.